The van der Waals surface area contributed by atoms with E-state index in [4.69, 9.17) is 9.47 Å². The summed E-state index contributed by atoms with van der Waals surface area (Å²) in [5.41, 5.74) is -0.801. The molecule has 162 valence electrons. The fourth-order valence-corrected chi connectivity index (χ4v) is 2.89. The number of carbonyl (C=O) groups is 3. The van der Waals surface area contributed by atoms with E-state index in [2.05, 4.69) is 10.6 Å². The maximum Gasteiger partial charge on any atom is 0.408 e. The Morgan fingerprint density at radius 2 is 1.75 bits per heavy atom. The molecule has 11 nitrogen and oxygen atoms in total. The zero-order valence-electron chi connectivity index (χ0n) is 16.4. The van der Waals surface area contributed by atoms with E-state index < -0.39 is 66.7 Å². The van der Waals surface area contributed by atoms with Crippen LogP contribution in [0.25, 0.3) is 0 Å². The first-order chi connectivity index (χ1) is 12.9. The second kappa shape index (κ2) is 10.0. The molecule has 6 atom stereocenters. The Hall–Kier alpha value is -1.95. The highest BCUT2D eigenvalue weighted by Crippen LogP contribution is 2.25. The molecule has 0 aromatic heterocycles. The number of hydrogen-bond acceptors (Lipinski definition) is 8. The molecule has 0 spiro atoms. The Kier molecular flexibility index (Phi) is 8.61. The van der Waals surface area contributed by atoms with E-state index in [1.165, 1.54) is 6.92 Å². The number of carboxylic acid groups (broad SMARTS) is 1. The number of aliphatic carboxylic acids is 1. The average molecular weight is 406 g/mol. The summed E-state index contributed by atoms with van der Waals surface area (Å²) in [5, 5.41) is 43.6. The molecule has 0 bridgehead atoms. The van der Waals surface area contributed by atoms with E-state index in [9.17, 15) is 34.8 Å². The van der Waals surface area contributed by atoms with Gasteiger partial charge in [-0.05, 0) is 33.6 Å². The van der Waals surface area contributed by atoms with E-state index in [0.29, 0.717) is 0 Å². The van der Waals surface area contributed by atoms with Gasteiger partial charge in [-0.2, -0.15) is 0 Å². The highest BCUT2D eigenvalue weighted by Gasteiger charge is 2.44. The molecule has 2 amide bonds. The van der Waals surface area contributed by atoms with Crippen molar-refractivity contribution in [2.45, 2.75) is 82.6 Å². The predicted octanol–water partition coefficient (Wildman–Crippen LogP) is -1.27. The number of carbonyl (C=O) groups excluding carboxylic acids is 2. The SMILES string of the molecule is CC(=O)N[C@@H]1[C@@H](O)[C@H](O)[C@@H](CO)O[C@H]1CC[C@@H](NC(=O)OC(C)(C)C)C(=O)O. The molecular formula is C17H30N2O9. The van der Waals surface area contributed by atoms with Crippen LogP contribution < -0.4 is 10.6 Å². The minimum Gasteiger partial charge on any atom is -0.480 e. The van der Waals surface area contributed by atoms with Gasteiger partial charge in [0.25, 0.3) is 0 Å². The summed E-state index contributed by atoms with van der Waals surface area (Å²) in [6, 6.07) is -2.31. The van der Waals surface area contributed by atoms with Crippen LogP contribution in [0.4, 0.5) is 4.79 Å². The highest BCUT2D eigenvalue weighted by molar-refractivity contribution is 5.80. The summed E-state index contributed by atoms with van der Waals surface area (Å²) >= 11 is 0. The van der Waals surface area contributed by atoms with Crippen LogP contribution in [0, 0.1) is 0 Å². The largest absolute Gasteiger partial charge is 0.480 e. The Morgan fingerprint density at radius 3 is 2.21 bits per heavy atom. The standard InChI is InChI=1S/C17H30N2O9/c1-8(21)18-12-10(27-11(7-20)13(22)14(12)23)6-5-9(15(24)25)19-16(26)28-17(2,3)4/h9-14,20,22-23H,5-7H2,1-4H3,(H,18,21)(H,19,26)(H,24,25)/t9-,10+,11-,12+,13-,14-/m1/s1. The summed E-state index contributed by atoms with van der Waals surface area (Å²) in [7, 11) is 0. The number of rotatable bonds is 7. The normalized spacial score (nSPS) is 28.9. The average Bonchev–Trinajstić information content (AvgIpc) is 2.54. The van der Waals surface area contributed by atoms with E-state index in [-0.39, 0.29) is 12.8 Å². The van der Waals surface area contributed by atoms with Crippen molar-refractivity contribution in [3.05, 3.63) is 0 Å². The molecule has 0 radical (unpaired) electrons. The molecule has 1 aliphatic rings. The van der Waals surface area contributed by atoms with E-state index in [1.54, 1.807) is 20.8 Å². The highest BCUT2D eigenvalue weighted by atomic mass is 16.6. The number of carboxylic acids is 1. The molecule has 28 heavy (non-hydrogen) atoms. The third-order valence-electron chi connectivity index (χ3n) is 4.13. The van der Waals surface area contributed by atoms with Gasteiger partial charge in [0, 0.05) is 6.92 Å². The fraction of sp³-hybridized carbons (Fsp3) is 0.824. The van der Waals surface area contributed by atoms with Crippen LogP contribution in [0.3, 0.4) is 0 Å². The van der Waals surface area contributed by atoms with Crippen LogP contribution in [0.2, 0.25) is 0 Å². The lowest BCUT2D eigenvalue weighted by Gasteiger charge is -2.43. The molecule has 0 aromatic rings. The third kappa shape index (κ3) is 7.23. The Bertz CT molecular complexity index is 563. The number of amides is 2. The zero-order valence-corrected chi connectivity index (χ0v) is 16.4. The Morgan fingerprint density at radius 1 is 1.14 bits per heavy atom. The number of aliphatic hydroxyl groups is 3. The maximum atomic E-state index is 11.8. The summed E-state index contributed by atoms with van der Waals surface area (Å²) in [6.45, 7) is 5.56. The van der Waals surface area contributed by atoms with Gasteiger partial charge in [0.1, 0.15) is 30.0 Å². The van der Waals surface area contributed by atoms with Crippen molar-refractivity contribution in [1.82, 2.24) is 10.6 Å². The molecule has 11 heteroatoms. The van der Waals surface area contributed by atoms with Gasteiger partial charge in [-0.1, -0.05) is 0 Å². The molecule has 1 aliphatic heterocycles. The van der Waals surface area contributed by atoms with Crippen LogP contribution in [0.5, 0.6) is 0 Å². The molecule has 6 N–H and O–H groups in total. The van der Waals surface area contributed by atoms with Gasteiger partial charge in [0.05, 0.1) is 18.8 Å². The first-order valence-electron chi connectivity index (χ1n) is 8.97. The number of aliphatic hydroxyl groups excluding tert-OH is 3. The zero-order chi connectivity index (χ0) is 21.6. The van der Waals surface area contributed by atoms with E-state index in [0.717, 1.165) is 0 Å². The first-order valence-corrected chi connectivity index (χ1v) is 8.97. The molecule has 0 aromatic carbocycles. The molecule has 0 unspecified atom stereocenters. The molecule has 1 rings (SSSR count). The Balaban J connectivity index is 2.82. The summed E-state index contributed by atoms with van der Waals surface area (Å²) < 4.78 is 10.6. The van der Waals surface area contributed by atoms with E-state index in [1.807, 2.05) is 0 Å². The van der Waals surface area contributed by atoms with Crippen LogP contribution in [-0.4, -0.2) is 87.1 Å². The second-order valence-corrected chi connectivity index (χ2v) is 7.72. The van der Waals surface area contributed by atoms with Crippen molar-refractivity contribution in [2.75, 3.05) is 6.61 Å². The number of nitrogens with one attached hydrogen (secondary N) is 2. The smallest absolute Gasteiger partial charge is 0.408 e. The lowest BCUT2D eigenvalue weighted by Crippen LogP contribution is -2.64. The lowest BCUT2D eigenvalue weighted by atomic mass is 9.89. The maximum absolute atomic E-state index is 11.8. The molecule has 1 saturated heterocycles. The molecule has 1 heterocycles. The van der Waals surface area contributed by atoms with Crippen molar-refractivity contribution in [3.8, 4) is 0 Å². The van der Waals surface area contributed by atoms with Crippen molar-refractivity contribution in [3.63, 3.8) is 0 Å². The van der Waals surface area contributed by atoms with Crippen LogP contribution in [0.15, 0.2) is 0 Å². The van der Waals surface area contributed by atoms with Crippen molar-refractivity contribution < 1.29 is 44.3 Å². The second-order valence-electron chi connectivity index (χ2n) is 7.72. The van der Waals surface area contributed by atoms with Gasteiger partial charge in [-0.25, -0.2) is 9.59 Å². The van der Waals surface area contributed by atoms with Gasteiger partial charge in [-0.15, -0.1) is 0 Å². The van der Waals surface area contributed by atoms with Crippen LogP contribution >= 0.6 is 0 Å². The van der Waals surface area contributed by atoms with E-state index >= 15 is 0 Å². The van der Waals surface area contributed by atoms with Gasteiger partial charge in [0.15, 0.2) is 0 Å². The fourth-order valence-electron chi connectivity index (χ4n) is 2.89. The number of ether oxygens (including phenoxy) is 2. The summed E-state index contributed by atoms with van der Waals surface area (Å²) in [6.07, 6.45) is -5.80. The van der Waals surface area contributed by atoms with Crippen LogP contribution in [0.1, 0.15) is 40.5 Å². The molecule has 0 saturated carbocycles. The molecule has 0 aliphatic carbocycles. The summed E-state index contributed by atoms with van der Waals surface area (Å²) in [5.74, 6) is -1.77. The number of alkyl carbamates (subject to hydrolysis) is 1. The summed E-state index contributed by atoms with van der Waals surface area (Å²) in [4.78, 5) is 34.7. The quantitative estimate of drug-likeness (QED) is 0.301. The monoisotopic (exact) mass is 406 g/mol. The minimum atomic E-state index is -1.42. The lowest BCUT2D eigenvalue weighted by molar-refractivity contribution is -0.197. The predicted molar refractivity (Wildman–Crippen MR) is 95.4 cm³/mol. The third-order valence-corrected chi connectivity index (χ3v) is 4.13. The molecule has 1 fully saturated rings. The first kappa shape index (κ1) is 24.1. The van der Waals surface area contributed by atoms with Crippen molar-refractivity contribution >= 4 is 18.0 Å². The van der Waals surface area contributed by atoms with Gasteiger partial charge < -0.3 is 40.5 Å². The number of hydrogen-bond donors (Lipinski definition) is 6. The van der Waals surface area contributed by atoms with Crippen LogP contribution in [-0.2, 0) is 19.1 Å². The minimum absolute atomic E-state index is 0.0119. The van der Waals surface area contributed by atoms with Gasteiger partial charge in [-0.3, -0.25) is 4.79 Å². The topological polar surface area (TPSA) is 175 Å². The molecular weight excluding hydrogens is 376 g/mol. The van der Waals surface area contributed by atoms with Gasteiger partial charge in [0.2, 0.25) is 5.91 Å². The Labute approximate surface area is 163 Å². The van der Waals surface area contributed by atoms with Crippen molar-refractivity contribution in [1.29, 1.82) is 0 Å². The van der Waals surface area contributed by atoms with Crippen molar-refractivity contribution in [2.24, 2.45) is 0 Å². The van der Waals surface area contributed by atoms with Gasteiger partial charge >= 0.3 is 12.1 Å².